The van der Waals surface area contributed by atoms with Crippen LogP contribution in [0.25, 0.3) is 11.8 Å². The van der Waals surface area contributed by atoms with E-state index in [1.807, 2.05) is 13.0 Å². The van der Waals surface area contributed by atoms with Gasteiger partial charge in [0.2, 0.25) is 5.79 Å². The van der Waals surface area contributed by atoms with E-state index < -0.39 is 30.4 Å². The summed E-state index contributed by atoms with van der Waals surface area (Å²) in [6.07, 6.45) is 3.86. The molecule has 0 bridgehead atoms. The smallest absolute Gasteiger partial charge is 0.268 e. The van der Waals surface area contributed by atoms with Crippen molar-refractivity contribution in [1.29, 1.82) is 0 Å². The van der Waals surface area contributed by atoms with Crippen LogP contribution in [0.1, 0.15) is 42.1 Å². The maximum Gasteiger partial charge on any atom is 0.268 e. The highest BCUT2D eigenvalue weighted by molar-refractivity contribution is 9.09. The Hall–Kier alpha value is -1.69. The number of aromatic hydroxyl groups is 1. The number of Topliss-reactive ketones (excluding diaryl/α,β-unsaturated/α-hetero) is 1. The number of halogens is 1. The van der Waals surface area contributed by atoms with Gasteiger partial charge in [0.05, 0.1) is 17.9 Å². The summed E-state index contributed by atoms with van der Waals surface area (Å²) in [7, 11) is 2.81. The fraction of sp³-hybridized carbons (Fsp3) is 0.609. The number of phenolic OH excluding ortho intramolecular Hbond substituents is 1. The number of hydrogen-bond donors (Lipinski definition) is 4. The van der Waals surface area contributed by atoms with Crippen LogP contribution in [0.4, 0.5) is 0 Å². The van der Waals surface area contributed by atoms with E-state index in [2.05, 4.69) is 15.9 Å². The third-order valence-corrected chi connectivity index (χ3v) is 7.73. The Morgan fingerprint density at radius 3 is 2.61 bits per heavy atom. The first-order valence-corrected chi connectivity index (χ1v) is 11.9. The molecule has 1 heterocycles. The van der Waals surface area contributed by atoms with Crippen LogP contribution in [-0.4, -0.2) is 76.1 Å². The molecule has 4 N–H and O–H groups in total. The molecular weight excluding hydrogens is 500 g/mol. The molecule has 4 atom stereocenters. The van der Waals surface area contributed by atoms with E-state index in [0.717, 1.165) is 0 Å². The average Bonchev–Trinajstić information content (AvgIpc) is 3.02. The number of aliphatic hydroxyl groups excluding tert-OH is 1. The zero-order valence-corrected chi connectivity index (χ0v) is 20.4. The molecule has 1 fully saturated rings. The van der Waals surface area contributed by atoms with E-state index in [9.17, 15) is 25.2 Å². The van der Waals surface area contributed by atoms with Crippen molar-refractivity contribution in [3.05, 3.63) is 21.6 Å². The minimum Gasteiger partial charge on any atom is -0.506 e. The zero-order chi connectivity index (χ0) is 24.2. The normalized spacial score (nSPS) is 33.4. The van der Waals surface area contributed by atoms with Crippen LogP contribution in [0.15, 0.2) is 0 Å². The van der Waals surface area contributed by atoms with Crippen molar-refractivity contribution in [2.75, 3.05) is 32.8 Å². The molecular formula is C23H29BrO9. The van der Waals surface area contributed by atoms with Gasteiger partial charge in [-0.15, -0.1) is 0 Å². The van der Waals surface area contributed by atoms with Crippen molar-refractivity contribution >= 4 is 33.5 Å². The van der Waals surface area contributed by atoms with Crippen molar-refractivity contribution in [2.45, 2.75) is 49.8 Å². The zero-order valence-electron chi connectivity index (χ0n) is 18.8. The molecule has 1 aromatic rings. The fourth-order valence-electron chi connectivity index (χ4n) is 5.10. The standard InChI is InChI=1S/C23H29BrO9/c1-12-7-14-18(19(27)17-13(20(14)30-2)5-4-6-15(17)26)16(8-12)33-23(31-3)11-32-22(29,10-25)21(23,28)9-24/h7,12,25,27-29H,4-6,8-11H2,1-3H3. The SMILES string of the molecule is COc1c2c(c(O)c3c1=CC(C)CC=3OC1(OC)COC(O)(CO)C1(O)CBr)C(=O)CCC2. The Kier molecular flexibility index (Phi) is 6.30. The Labute approximate surface area is 199 Å². The lowest BCUT2D eigenvalue weighted by molar-refractivity contribution is -0.311. The van der Waals surface area contributed by atoms with Crippen molar-refractivity contribution in [2.24, 2.45) is 5.92 Å². The lowest BCUT2D eigenvalue weighted by atomic mass is 9.84. The lowest BCUT2D eigenvalue weighted by Crippen LogP contribution is -2.67. The number of ether oxygens (including phenoxy) is 4. The highest BCUT2D eigenvalue weighted by atomic mass is 79.9. The average molecular weight is 529 g/mol. The molecule has 0 aromatic heterocycles. The summed E-state index contributed by atoms with van der Waals surface area (Å²) in [6.45, 7) is 0.654. The Morgan fingerprint density at radius 1 is 1.27 bits per heavy atom. The minimum atomic E-state index is -2.35. The molecule has 4 unspecified atom stereocenters. The molecule has 0 radical (unpaired) electrons. The van der Waals surface area contributed by atoms with Gasteiger partial charge in [0.1, 0.15) is 30.5 Å². The topological polar surface area (TPSA) is 135 Å². The van der Waals surface area contributed by atoms with Crippen molar-refractivity contribution in [1.82, 2.24) is 0 Å². The Bertz CT molecular complexity index is 1100. The monoisotopic (exact) mass is 528 g/mol. The van der Waals surface area contributed by atoms with E-state index in [1.165, 1.54) is 14.2 Å². The second-order valence-electron chi connectivity index (χ2n) is 8.86. The number of fused-ring (bicyclic) bond motifs is 2. The van der Waals surface area contributed by atoms with Gasteiger partial charge in [-0.1, -0.05) is 28.9 Å². The molecule has 9 nitrogen and oxygen atoms in total. The van der Waals surface area contributed by atoms with Gasteiger partial charge in [-0.3, -0.25) is 4.79 Å². The second kappa shape index (κ2) is 8.51. The van der Waals surface area contributed by atoms with Gasteiger partial charge in [-0.2, -0.15) is 0 Å². The van der Waals surface area contributed by atoms with Gasteiger partial charge >= 0.3 is 0 Å². The number of rotatable bonds is 6. The summed E-state index contributed by atoms with van der Waals surface area (Å²) in [5.74, 6) is -3.92. The maximum atomic E-state index is 12.7. The summed E-state index contributed by atoms with van der Waals surface area (Å²) in [5, 5.41) is 43.8. The lowest BCUT2D eigenvalue weighted by Gasteiger charge is -2.43. The first kappa shape index (κ1) is 24.4. The van der Waals surface area contributed by atoms with Crippen molar-refractivity contribution in [3.63, 3.8) is 0 Å². The number of ketones is 1. The molecule has 0 saturated carbocycles. The minimum absolute atomic E-state index is 0.0387. The van der Waals surface area contributed by atoms with Crippen LogP contribution in [-0.2, 0) is 20.6 Å². The van der Waals surface area contributed by atoms with Crippen LogP contribution < -0.4 is 15.2 Å². The van der Waals surface area contributed by atoms with Crippen LogP contribution in [0, 0.1) is 5.92 Å². The molecule has 1 saturated heterocycles. The fourth-order valence-corrected chi connectivity index (χ4v) is 5.96. The molecule has 1 aliphatic heterocycles. The molecule has 33 heavy (non-hydrogen) atoms. The van der Waals surface area contributed by atoms with Crippen molar-refractivity contribution < 1.29 is 44.2 Å². The van der Waals surface area contributed by atoms with Crippen LogP contribution in [0.3, 0.4) is 0 Å². The Balaban J connectivity index is 2.00. The van der Waals surface area contributed by atoms with E-state index in [1.54, 1.807) is 0 Å². The molecule has 3 aliphatic rings. The van der Waals surface area contributed by atoms with Crippen LogP contribution >= 0.6 is 15.9 Å². The third-order valence-electron chi connectivity index (χ3n) is 6.92. The number of aliphatic hydroxyl groups is 3. The predicted molar refractivity (Wildman–Crippen MR) is 120 cm³/mol. The summed E-state index contributed by atoms with van der Waals surface area (Å²) in [5.41, 5.74) is -1.31. The van der Waals surface area contributed by atoms with Gasteiger partial charge in [0.25, 0.3) is 5.79 Å². The van der Waals surface area contributed by atoms with Crippen molar-refractivity contribution in [3.8, 4) is 11.5 Å². The molecule has 0 spiro atoms. The highest BCUT2D eigenvalue weighted by Crippen LogP contribution is 2.47. The summed E-state index contributed by atoms with van der Waals surface area (Å²) >= 11 is 3.18. The Morgan fingerprint density at radius 2 is 2.00 bits per heavy atom. The molecule has 0 amide bonds. The van der Waals surface area contributed by atoms with Gasteiger partial charge in [-0.25, -0.2) is 0 Å². The summed E-state index contributed by atoms with van der Waals surface area (Å²) in [6, 6.07) is 0. The second-order valence-corrected chi connectivity index (χ2v) is 9.42. The largest absolute Gasteiger partial charge is 0.506 e. The number of carbonyl (C=O) groups excluding carboxylic acids is 1. The van der Waals surface area contributed by atoms with Gasteiger partial charge in [-0.05, 0) is 18.8 Å². The van der Waals surface area contributed by atoms with E-state index in [4.69, 9.17) is 18.9 Å². The number of alkyl halides is 1. The number of hydrogen-bond acceptors (Lipinski definition) is 9. The van der Waals surface area contributed by atoms with E-state index >= 15 is 0 Å². The molecule has 1 aromatic carbocycles. The first-order chi connectivity index (χ1) is 15.6. The van der Waals surface area contributed by atoms with Crippen LogP contribution in [0.5, 0.6) is 11.5 Å². The number of benzene rings is 1. The summed E-state index contributed by atoms with van der Waals surface area (Å²) in [4.78, 5) is 12.7. The number of phenols is 1. The van der Waals surface area contributed by atoms with Crippen LogP contribution in [0.2, 0.25) is 0 Å². The molecule has 4 rings (SSSR count). The van der Waals surface area contributed by atoms with E-state index in [-0.39, 0.29) is 39.3 Å². The van der Waals surface area contributed by atoms with Gasteiger partial charge < -0.3 is 39.4 Å². The third kappa shape index (κ3) is 3.34. The molecule has 10 heteroatoms. The van der Waals surface area contributed by atoms with E-state index in [0.29, 0.717) is 42.2 Å². The predicted octanol–water partition coefficient (Wildman–Crippen LogP) is 0.0447. The molecule has 182 valence electrons. The quantitative estimate of drug-likeness (QED) is 0.298. The number of carbonyl (C=O) groups is 1. The number of methoxy groups -OCH3 is 2. The summed E-state index contributed by atoms with van der Waals surface area (Å²) < 4.78 is 22.9. The van der Waals surface area contributed by atoms with Gasteiger partial charge in [0.15, 0.2) is 11.4 Å². The maximum absolute atomic E-state index is 12.7. The first-order valence-electron chi connectivity index (χ1n) is 10.8. The highest BCUT2D eigenvalue weighted by Gasteiger charge is 2.72. The van der Waals surface area contributed by atoms with Gasteiger partial charge in [0, 0.05) is 36.1 Å². The molecule has 2 aliphatic carbocycles.